The number of carbonyl (C=O) groups is 1. The first-order valence-corrected chi connectivity index (χ1v) is 8.29. The Bertz CT molecular complexity index is 652. The molecule has 2 heterocycles. The van der Waals surface area contributed by atoms with Gasteiger partial charge in [0.25, 0.3) is 0 Å². The molecule has 0 saturated carbocycles. The van der Waals surface area contributed by atoms with Gasteiger partial charge in [0.1, 0.15) is 10.8 Å². The Morgan fingerprint density at radius 1 is 1.50 bits per heavy atom. The Morgan fingerprint density at radius 2 is 2.41 bits per heavy atom. The maximum Gasteiger partial charge on any atom is 0.226 e. The van der Waals surface area contributed by atoms with Crippen LogP contribution in [-0.2, 0) is 11.2 Å². The predicted molar refractivity (Wildman–Crippen MR) is 85.2 cm³/mol. The van der Waals surface area contributed by atoms with Crippen LogP contribution in [0.1, 0.15) is 18.5 Å². The summed E-state index contributed by atoms with van der Waals surface area (Å²) in [5, 5.41) is 8.87. The number of nitrogens with zero attached hydrogens (tertiary/aromatic N) is 1. The van der Waals surface area contributed by atoms with Crippen LogP contribution in [0.3, 0.4) is 0 Å². The number of rotatable bonds is 5. The van der Waals surface area contributed by atoms with Crippen LogP contribution in [0, 0.1) is 5.82 Å². The van der Waals surface area contributed by atoms with Crippen LogP contribution < -0.4 is 10.6 Å². The van der Waals surface area contributed by atoms with Gasteiger partial charge in [-0.05, 0) is 31.5 Å². The van der Waals surface area contributed by atoms with Gasteiger partial charge in [-0.1, -0.05) is 12.1 Å². The summed E-state index contributed by atoms with van der Waals surface area (Å²) < 4.78 is 13.2. The third-order valence-electron chi connectivity index (χ3n) is 3.67. The molecule has 0 radical (unpaired) electrons. The van der Waals surface area contributed by atoms with Gasteiger partial charge in [-0.15, -0.1) is 11.3 Å². The molecule has 1 fully saturated rings. The molecule has 2 N–H and O–H groups in total. The van der Waals surface area contributed by atoms with Crippen molar-refractivity contribution in [1.82, 2.24) is 15.6 Å². The summed E-state index contributed by atoms with van der Waals surface area (Å²) in [5.74, 6) is -0.305. The molecule has 0 aliphatic carbocycles. The first kappa shape index (κ1) is 15.1. The largest absolute Gasteiger partial charge is 0.354 e. The monoisotopic (exact) mass is 319 g/mol. The maximum atomic E-state index is 13.2. The summed E-state index contributed by atoms with van der Waals surface area (Å²) in [5.41, 5.74) is 1.47. The number of halogens is 1. The van der Waals surface area contributed by atoms with Gasteiger partial charge in [0.05, 0.1) is 12.1 Å². The van der Waals surface area contributed by atoms with E-state index < -0.39 is 0 Å². The minimum absolute atomic E-state index is 0.0233. The highest BCUT2D eigenvalue weighted by Gasteiger charge is 2.15. The van der Waals surface area contributed by atoms with E-state index in [4.69, 9.17) is 0 Å². The molecule has 6 heteroatoms. The van der Waals surface area contributed by atoms with E-state index in [1.54, 1.807) is 6.07 Å². The van der Waals surface area contributed by atoms with Crippen molar-refractivity contribution in [3.63, 3.8) is 0 Å². The van der Waals surface area contributed by atoms with E-state index in [0.29, 0.717) is 12.6 Å². The third kappa shape index (κ3) is 3.90. The molecule has 2 aromatic rings. The van der Waals surface area contributed by atoms with E-state index >= 15 is 0 Å². The van der Waals surface area contributed by atoms with Crippen molar-refractivity contribution < 1.29 is 9.18 Å². The van der Waals surface area contributed by atoms with Gasteiger partial charge in [-0.3, -0.25) is 4.79 Å². The fraction of sp³-hybridized carbons (Fsp3) is 0.375. The molecular formula is C16H18FN3OS. The summed E-state index contributed by atoms with van der Waals surface area (Å²) in [4.78, 5) is 16.4. The van der Waals surface area contributed by atoms with Gasteiger partial charge >= 0.3 is 0 Å². The van der Waals surface area contributed by atoms with Crippen LogP contribution in [-0.4, -0.2) is 30.0 Å². The molecule has 1 aliphatic rings. The Labute approximate surface area is 132 Å². The average Bonchev–Trinajstić information content (AvgIpc) is 3.16. The SMILES string of the molecule is O=C(Cc1csc(-c2cccc(F)c2)n1)NCC1CCCN1. The summed E-state index contributed by atoms with van der Waals surface area (Å²) in [6, 6.07) is 6.73. The zero-order valence-corrected chi connectivity index (χ0v) is 13.0. The van der Waals surface area contributed by atoms with Gasteiger partial charge in [0, 0.05) is 23.5 Å². The number of hydrogen-bond donors (Lipinski definition) is 2. The smallest absolute Gasteiger partial charge is 0.226 e. The van der Waals surface area contributed by atoms with Crippen molar-refractivity contribution in [3.8, 4) is 10.6 Å². The fourth-order valence-electron chi connectivity index (χ4n) is 2.54. The number of carbonyl (C=O) groups excluding carboxylic acids is 1. The second-order valence-corrected chi connectivity index (χ2v) is 6.29. The number of amides is 1. The van der Waals surface area contributed by atoms with Crippen molar-refractivity contribution >= 4 is 17.2 Å². The lowest BCUT2D eigenvalue weighted by molar-refractivity contribution is -0.120. The van der Waals surface area contributed by atoms with Crippen molar-refractivity contribution in [2.45, 2.75) is 25.3 Å². The predicted octanol–water partition coefficient (Wildman–Crippen LogP) is 2.36. The molecule has 22 heavy (non-hydrogen) atoms. The minimum atomic E-state index is -0.281. The number of benzene rings is 1. The maximum absolute atomic E-state index is 13.2. The topological polar surface area (TPSA) is 54.0 Å². The second-order valence-electron chi connectivity index (χ2n) is 5.43. The molecule has 1 aromatic carbocycles. The molecular weight excluding hydrogens is 301 g/mol. The molecule has 116 valence electrons. The molecule has 1 aliphatic heterocycles. The van der Waals surface area contributed by atoms with E-state index in [0.717, 1.165) is 29.2 Å². The van der Waals surface area contributed by atoms with E-state index in [1.807, 2.05) is 11.4 Å². The van der Waals surface area contributed by atoms with Gasteiger partial charge in [0.15, 0.2) is 0 Å². The van der Waals surface area contributed by atoms with Gasteiger partial charge in [-0.25, -0.2) is 9.37 Å². The molecule has 1 atom stereocenters. The van der Waals surface area contributed by atoms with Crippen molar-refractivity contribution in [3.05, 3.63) is 41.2 Å². The fourth-order valence-corrected chi connectivity index (χ4v) is 3.35. The van der Waals surface area contributed by atoms with E-state index in [9.17, 15) is 9.18 Å². The van der Waals surface area contributed by atoms with Crippen molar-refractivity contribution in [2.24, 2.45) is 0 Å². The third-order valence-corrected chi connectivity index (χ3v) is 4.61. The van der Waals surface area contributed by atoms with E-state index in [1.165, 1.54) is 29.9 Å². The van der Waals surface area contributed by atoms with Crippen LogP contribution in [0.2, 0.25) is 0 Å². The summed E-state index contributed by atoms with van der Waals surface area (Å²) in [6.07, 6.45) is 2.54. The quantitative estimate of drug-likeness (QED) is 0.889. The summed E-state index contributed by atoms with van der Waals surface area (Å²) in [7, 11) is 0. The van der Waals surface area contributed by atoms with E-state index in [-0.39, 0.29) is 18.1 Å². The molecule has 1 unspecified atom stereocenters. The van der Waals surface area contributed by atoms with Crippen molar-refractivity contribution in [2.75, 3.05) is 13.1 Å². The lowest BCUT2D eigenvalue weighted by Crippen LogP contribution is -2.37. The van der Waals surface area contributed by atoms with Crippen LogP contribution >= 0.6 is 11.3 Å². The van der Waals surface area contributed by atoms with Gasteiger partial charge < -0.3 is 10.6 Å². The zero-order valence-electron chi connectivity index (χ0n) is 12.1. The standard InChI is InChI=1S/C16H18FN3OS/c17-12-4-1-3-11(7-12)16-20-14(10-22-16)8-15(21)19-9-13-5-2-6-18-13/h1,3-4,7,10,13,18H,2,5-6,8-9H2,(H,19,21). The highest BCUT2D eigenvalue weighted by molar-refractivity contribution is 7.13. The van der Waals surface area contributed by atoms with Crippen LogP contribution in [0.5, 0.6) is 0 Å². The molecule has 0 spiro atoms. The normalized spacial score (nSPS) is 17.6. The number of nitrogens with one attached hydrogen (secondary N) is 2. The highest BCUT2D eigenvalue weighted by atomic mass is 32.1. The van der Waals surface area contributed by atoms with Gasteiger partial charge in [0.2, 0.25) is 5.91 Å². The summed E-state index contributed by atoms with van der Waals surface area (Å²) >= 11 is 1.43. The Morgan fingerprint density at radius 3 is 3.18 bits per heavy atom. The highest BCUT2D eigenvalue weighted by Crippen LogP contribution is 2.24. The number of thiazole rings is 1. The molecule has 3 rings (SSSR count). The van der Waals surface area contributed by atoms with E-state index in [2.05, 4.69) is 15.6 Å². The summed E-state index contributed by atoms with van der Waals surface area (Å²) in [6.45, 7) is 1.70. The second kappa shape index (κ2) is 6.98. The molecule has 4 nitrogen and oxygen atoms in total. The Hall–Kier alpha value is -1.79. The Kier molecular flexibility index (Phi) is 4.80. The van der Waals surface area contributed by atoms with Crippen LogP contribution in [0.25, 0.3) is 10.6 Å². The average molecular weight is 319 g/mol. The molecule has 1 aromatic heterocycles. The Balaban J connectivity index is 1.55. The lowest BCUT2D eigenvalue weighted by Gasteiger charge is -2.10. The first-order valence-electron chi connectivity index (χ1n) is 7.41. The van der Waals surface area contributed by atoms with Crippen molar-refractivity contribution in [1.29, 1.82) is 0 Å². The zero-order chi connectivity index (χ0) is 15.4. The molecule has 1 amide bonds. The lowest BCUT2D eigenvalue weighted by atomic mass is 10.2. The van der Waals surface area contributed by atoms with Gasteiger partial charge in [-0.2, -0.15) is 0 Å². The first-order chi connectivity index (χ1) is 10.7. The number of hydrogen-bond acceptors (Lipinski definition) is 4. The number of aromatic nitrogens is 1. The molecule has 1 saturated heterocycles. The molecule has 0 bridgehead atoms. The van der Waals surface area contributed by atoms with Crippen LogP contribution in [0.4, 0.5) is 4.39 Å². The minimum Gasteiger partial charge on any atom is -0.354 e. The van der Waals surface area contributed by atoms with Crippen LogP contribution in [0.15, 0.2) is 29.6 Å².